The van der Waals surface area contributed by atoms with Crippen molar-refractivity contribution < 1.29 is 4.74 Å². The number of rotatable bonds is 3. The molecule has 0 N–H and O–H groups in total. The van der Waals surface area contributed by atoms with E-state index in [2.05, 4.69) is 79.7 Å². The van der Waals surface area contributed by atoms with Gasteiger partial charge in [-0.1, -0.05) is 85.2 Å². The zero-order chi connectivity index (χ0) is 19.2. The van der Waals surface area contributed by atoms with Crippen LogP contribution in [0.4, 0.5) is 0 Å². The first-order valence-corrected chi connectivity index (χ1v) is 9.45. The minimum atomic E-state index is -0.111. The molecule has 0 saturated carbocycles. The lowest BCUT2D eigenvalue weighted by atomic mass is 9.71. The molecule has 0 aromatic heterocycles. The maximum Gasteiger partial charge on any atom is 0.126 e. The van der Waals surface area contributed by atoms with E-state index in [-0.39, 0.29) is 16.2 Å². The number of allylic oxidation sites excluding steroid dienone is 4. The molecule has 25 heavy (non-hydrogen) atoms. The molecule has 1 aromatic carbocycles. The molecule has 2 rings (SSSR count). The molecule has 0 radical (unpaired) electrons. The number of halogens is 1. The van der Waals surface area contributed by atoms with Crippen LogP contribution in [-0.2, 0) is 10.8 Å². The Bertz CT molecular complexity index is 709. The van der Waals surface area contributed by atoms with Crippen LogP contribution in [0.25, 0.3) is 0 Å². The summed E-state index contributed by atoms with van der Waals surface area (Å²) in [5.41, 5.74) is 3.75. The number of methoxy groups -OCH3 is 1. The molecule has 0 spiro atoms. The second kappa shape index (κ2) is 6.50. The van der Waals surface area contributed by atoms with E-state index >= 15 is 0 Å². The molecule has 2 heteroatoms. The zero-order valence-corrected chi connectivity index (χ0v) is 18.0. The van der Waals surface area contributed by atoms with Crippen LogP contribution >= 0.6 is 11.6 Å². The van der Waals surface area contributed by atoms with E-state index in [1.807, 2.05) is 6.07 Å². The maximum atomic E-state index is 6.51. The molecule has 0 aliphatic heterocycles. The predicted octanol–water partition coefficient (Wildman–Crippen LogP) is 7.08. The van der Waals surface area contributed by atoms with E-state index in [1.165, 1.54) is 11.1 Å². The van der Waals surface area contributed by atoms with Crippen LogP contribution in [0.3, 0.4) is 0 Å². The lowest BCUT2D eigenvalue weighted by molar-refractivity contribution is 0.363. The first-order valence-electron chi connectivity index (χ1n) is 9.07. The standard InChI is InChI=1S/C23H33ClO/c1-21(2,3)15-10-11-16(12-15)23(7,8)19-14-17(24)13-18(20(19)25-9)22(4,5)6/h10-14,16H,1-9H3. The van der Waals surface area contributed by atoms with Crippen molar-refractivity contribution in [3.05, 3.63) is 52.1 Å². The summed E-state index contributed by atoms with van der Waals surface area (Å²) >= 11 is 6.51. The smallest absolute Gasteiger partial charge is 0.126 e. The quantitative estimate of drug-likeness (QED) is 0.559. The fourth-order valence-electron chi connectivity index (χ4n) is 3.49. The Balaban J connectivity index is 2.60. The molecule has 0 heterocycles. The normalized spacial score (nSPS) is 18.5. The van der Waals surface area contributed by atoms with Crippen molar-refractivity contribution >= 4 is 11.6 Å². The third-order valence-electron chi connectivity index (χ3n) is 5.30. The Morgan fingerprint density at radius 1 is 0.880 bits per heavy atom. The second-order valence-electron chi connectivity index (χ2n) is 9.76. The van der Waals surface area contributed by atoms with Gasteiger partial charge in [-0.2, -0.15) is 0 Å². The molecule has 1 atom stereocenters. The molecular weight excluding hydrogens is 328 g/mol. The van der Waals surface area contributed by atoms with Crippen LogP contribution in [0.1, 0.15) is 66.5 Å². The van der Waals surface area contributed by atoms with Gasteiger partial charge < -0.3 is 4.74 Å². The Hall–Kier alpha value is -1.21. The Morgan fingerprint density at radius 2 is 1.44 bits per heavy atom. The van der Waals surface area contributed by atoms with E-state index in [4.69, 9.17) is 16.3 Å². The highest BCUT2D eigenvalue weighted by Crippen LogP contribution is 2.47. The average Bonchev–Trinajstić information content (AvgIpc) is 2.96. The summed E-state index contributed by atoms with van der Waals surface area (Å²) in [6, 6.07) is 4.12. The third kappa shape index (κ3) is 3.97. The SMILES string of the molecule is COc1c(C(C)(C)C)cc(Cl)cc1C(C)(C)C1C=CC(C(C)(C)C)=C1. The number of hydrogen-bond donors (Lipinski definition) is 0. The van der Waals surface area contributed by atoms with Crippen molar-refractivity contribution in [1.29, 1.82) is 0 Å². The highest BCUT2D eigenvalue weighted by molar-refractivity contribution is 6.30. The topological polar surface area (TPSA) is 9.23 Å². The average molecular weight is 361 g/mol. The van der Waals surface area contributed by atoms with Crippen LogP contribution in [0, 0.1) is 11.3 Å². The molecule has 1 aliphatic carbocycles. The molecule has 1 nitrogen and oxygen atoms in total. The van der Waals surface area contributed by atoms with Gasteiger partial charge in [0.2, 0.25) is 0 Å². The molecule has 1 aliphatic rings. The minimum absolute atomic E-state index is 0.0288. The maximum absolute atomic E-state index is 6.51. The van der Waals surface area contributed by atoms with Crippen LogP contribution < -0.4 is 4.74 Å². The molecule has 1 aromatic rings. The van der Waals surface area contributed by atoms with Gasteiger partial charge in [0.25, 0.3) is 0 Å². The molecule has 0 bridgehead atoms. The summed E-state index contributed by atoms with van der Waals surface area (Å²) in [7, 11) is 1.76. The van der Waals surface area contributed by atoms with E-state index in [9.17, 15) is 0 Å². The molecule has 0 fully saturated rings. The first-order chi connectivity index (χ1) is 11.3. The predicted molar refractivity (Wildman–Crippen MR) is 110 cm³/mol. The zero-order valence-electron chi connectivity index (χ0n) is 17.3. The third-order valence-corrected chi connectivity index (χ3v) is 5.52. The van der Waals surface area contributed by atoms with Crippen LogP contribution in [0.5, 0.6) is 5.75 Å². The largest absolute Gasteiger partial charge is 0.496 e. The van der Waals surface area contributed by atoms with Crippen LogP contribution in [0.2, 0.25) is 5.02 Å². The monoisotopic (exact) mass is 360 g/mol. The van der Waals surface area contributed by atoms with Gasteiger partial charge in [0.1, 0.15) is 5.75 Å². The lowest BCUT2D eigenvalue weighted by Gasteiger charge is -2.34. The van der Waals surface area contributed by atoms with Crippen molar-refractivity contribution in [1.82, 2.24) is 0 Å². The number of ether oxygens (including phenoxy) is 1. The van der Waals surface area contributed by atoms with E-state index < -0.39 is 0 Å². The number of benzene rings is 1. The van der Waals surface area contributed by atoms with Gasteiger partial charge in [-0.25, -0.2) is 0 Å². The summed E-state index contributed by atoms with van der Waals surface area (Å²) in [6.45, 7) is 17.9. The highest BCUT2D eigenvalue weighted by Gasteiger charge is 2.36. The Morgan fingerprint density at radius 3 is 1.88 bits per heavy atom. The van der Waals surface area contributed by atoms with Gasteiger partial charge in [-0.15, -0.1) is 0 Å². The minimum Gasteiger partial charge on any atom is -0.496 e. The first kappa shape index (κ1) is 20.1. The summed E-state index contributed by atoms with van der Waals surface area (Å²) in [4.78, 5) is 0. The van der Waals surface area contributed by atoms with Crippen molar-refractivity contribution in [2.24, 2.45) is 11.3 Å². The lowest BCUT2D eigenvalue weighted by Crippen LogP contribution is -2.27. The summed E-state index contributed by atoms with van der Waals surface area (Å²) in [5, 5.41) is 0.774. The van der Waals surface area contributed by atoms with Gasteiger partial charge in [0, 0.05) is 27.5 Å². The van der Waals surface area contributed by atoms with Crippen molar-refractivity contribution in [3.63, 3.8) is 0 Å². The molecule has 138 valence electrons. The second-order valence-corrected chi connectivity index (χ2v) is 10.2. The van der Waals surface area contributed by atoms with Crippen molar-refractivity contribution in [2.75, 3.05) is 7.11 Å². The van der Waals surface area contributed by atoms with E-state index in [1.54, 1.807) is 7.11 Å². The van der Waals surface area contributed by atoms with Gasteiger partial charge in [-0.3, -0.25) is 0 Å². The van der Waals surface area contributed by atoms with Crippen molar-refractivity contribution in [2.45, 2.75) is 66.2 Å². The fraction of sp³-hybridized carbons (Fsp3) is 0.565. The number of hydrogen-bond acceptors (Lipinski definition) is 1. The Labute approximate surface area is 159 Å². The van der Waals surface area contributed by atoms with E-state index in [0.29, 0.717) is 5.92 Å². The molecular formula is C23H33ClO. The molecule has 0 amide bonds. The molecule has 1 unspecified atom stereocenters. The van der Waals surface area contributed by atoms with Gasteiger partial charge in [0.15, 0.2) is 0 Å². The van der Waals surface area contributed by atoms with Gasteiger partial charge >= 0.3 is 0 Å². The van der Waals surface area contributed by atoms with Crippen molar-refractivity contribution in [3.8, 4) is 5.75 Å². The fourth-order valence-corrected chi connectivity index (χ4v) is 3.71. The van der Waals surface area contributed by atoms with Gasteiger partial charge in [-0.05, 0) is 28.5 Å². The summed E-state index contributed by atoms with van der Waals surface area (Å²) in [6.07, 6.45) is 6.99. The Kier molecular flexibility index (Phi) is 5.23. The van der Waals surface area contributed by atoms with Crippen LogP contribution in [-0.4, -0.2) is 7.11 Å². The highest BCUT2D eigenvalue weighted by atomic mass is 35.5. The van der Waals surface area contributed by atoms with Gasteiger partial charge in [0.05, 0.1) is 7.11 Å². The van der Waals surface area contributed by atoms with E-state index in [0.717, 1.165) is 16.3 Å². The van der Waals surface area contributed by atoms with Crippen LogP contribution in [0.15, 0.2) is 35.9 Å². The summed E-state index contributed by atoms with van der Waals surface area (Å²) < 4.78 is 5.89. The summed E-state index contributed by atoms with van der Waals surface area (Å²) in [5.74, 6) is 1.29. The molecule has 0 saturated heterocycles.